The molecule has 0 aliphatic carbocycles. The number of ether oxygens (including phenoxy) is 1. The molecule has 11 nitrogen and oxygen atoms in total. The van der Waals surface area contributed by atoms with Gasteiger partial charge in [0.05, 0.1) is 13.2 Å². The number of phosphoric acid groups is 1. The van der Waals surface area contributed by atoms with Crippen LogP contribution in [0.5, 0.6) is 0 Å². The van der Waals surface area contributed by atoms with Gasteiger partial charge in [-0.3, -0.25) is 18.6 Å². The standard InChI is InChI=1S/C36H70NO10P/c1-3-5-7-9-11-12-13-14-15-16-17-18-19-20-22-24-26-28-35(40)45-29-32(38)30-46-48(43,44)47-31-33(36(41)42)37-34(39)27-25-23-21-10-8-6-4-2/h32-33,38H,3-31H2,1-2H3,(H,37,39)(H,41,42)(H,43,44). The van der Waals surface area contributed by atoms with Crippen LogP contribution in [0.25, 0.3) is 0 Å². The van der Waals surface area contributed by atoms with Gasteiger partial charge in [-0.15, -0.1) is 0 Å². The first-order valence-corrected chi connectivity index (χ1v) is 20.6. The lowest BCUT2D eigenvalue weighted by atomic mass is 10.0. The third-order valence-electron chi connectivity index (χ3n) is 8.40. The molecule has 0 saturated carbocycles. The monoisotopic (exact) mass is 707 g/mol. The highest BCUT2D eigenvalue weighted by molar-refractivity contribution is 7.47. The van der Waals surface area contributed by atoms with Crippen molar-refractivity contribution in [1.82, 2.24) is 5.32 Å². The van der Waals surface area contributed by atoms with Crippen molar-refractivity contribution in [3.63, 3.8) is 0 Å². The van der Waals surface area contributed by atoms with E-state index in [1.54, 1.807) is 0 Å². The van der Waals surface area contributed by atoms with E-state index in [4.69, 9.17) is 13.8 Å². The lowest BCUT2D eigenvalue weighted by molar-refractivity contribution is -0.147. The molecular formula is C36H70NO10P. The van der Waals surface area contributed by atoms with Gasteiger partial charge in [0, 0.05) is 12.8 Å². The first-order chi connectivity index (χ1) is 23.1. The van der Waals surface area contributed by atoms with Gasteiger partial charge in [-0.2, -0.15) is 0 Å². The molecule has 284 valence electrons. The Kier molecular flexibility index (Phi) is 31.6. The van der Waals surface area contributed by atoms with Crippen LogP contribution in [0.3, 0.4) is 0 Å². The number of unbranched alkanes of at least 4 members (excludes halogenated alkanes) is 22. The van der Waals surface area contributed by atoms with Gasteiger partial charge in [-0.25, -0.2) is 9.36 Å². The van der Waals surface area contributed by atoms with Gasteiger partial charge in [0.25, 0.3) is 0 Å². The molecular weight excluding hydrogens is 637 g/mol. The molecule has 48 heavy (non-hydrogen) atoms. The van der Waals surface area contributed by atoms with Crippen molar-refractivity contribution in [2.24, 2.45) is 0 Å². The van der Waals surface area contributed by atoms with E-state index in [2.05, 4.69) is 19.2 Å². The maximum atomic E-state index is 12.2. The zero-order valence-electron chi connectivity index (χ0n) is 30.3. The number of carboxylic acid groups (broad SMARTS) is 1. The minimum absolute atomic E-state index is 0.148. The number of carboxylic acids is 1. The van der Waals surface area contributed by atoms with Crippen molar-refractivity contribution in [3.8, 4) is 0 Å². The van der Waals surface area contributed by atoms with Gasteiger partial charge >= 0.3 is 19.8 Å². The van der Waals surface area contributed by atoms with Crippen molar-refractivity contribution in [2.45, 2.75) is 193 Å². The summed E-state index contributed by atoms with van der Waals surface area (Å²) in [6.07, 6.45) is 27.4. The number of nitrogens with one attached hydrogen (secondary N) is 1. The van der Waals surface area contributed by atoms with Crippen molar-refractivity contribution >= 4 is 25.7 Å². The molecule has 0 saturated heterocycles. The highest BCUT2D eigenvalue weighted by Gasteiger charge is 2.28. The van der Waals surface area contributed by atoms with Gasteiger partial charge < -0.3 is 25.2 Å². The number of amides is 1. The lowest BCUT2D eigenvalue weighted by Crippen LogP contribution is -2.43. The molecule has 0 aromatic rings. The predicted molar refractivity (Wildman–Crippen MR) is 190 cm³/mol. The zero-order chi connectivity index (χ0) is 35.7. The second-order valence-corrected chi connectivity index (χ2v) is 14.6. The van der Waals surface area contributed by atoms with Crippen LogP contribution in [0.4, 0.5) is 0 Å². The van der Waals surface area contributed by atoms with Crippen LogP contribution in [0.15, 0.2) is 0 Å². The molecule has 0 radical (unpaired) electrons. The minimum atomic E-state index is -4.73. The van der Waals surface area contributed by atoms with Gasteiger partial charge in [-0.1, -0.05) is 155 Å². The number of carbonyl (C=O) groups excluding carboxylic acids is 2. The first kappa shape index (κ1) is 46.5. The molecule has 1 amide bonds. The third kappa shape index (κ3) is 31.7. The molecule has 4 N–H and O–H groups in total. The quantitative estimate of drug-likeness (QED) is 0.0281. The summed E-state index contributed by atoms with van der Waals surface area (Å²) in [5, 5.41) is 21.6. The van der Waals surface area contributed by atoms with Crippen molar-refractivity contribution in [1.29, 1.82) is 0 Å². The van der Waals surface area contributed by atoms with Crippen LogP contribution in [0, 0.1) is 0 Å². The SMILES string of the molecule is CCCCCCCCCCCCCCCCCCCC(=O)OCC(O)COP(=O)(O)OCC(NC(=O)CCCCCCCCC)C(=O)O. The number of carbonyl (C=O) groups is 3. The molecule has 3 unspecified atom stereocenters. The normalized spacial score (nSPS) is 13.9. The molecule has 0 aromatic heterocycles. The molecule has 3 atom stereocenters. The van der Waals surface area contributed by atoms with E-state index in [-0.39, 0.29) is 12.8 Å². The Morgan fingerprint density at radius 2 is 0.958 bits per heavy atom. The maximum Gasteiger partial charge on any atom is 0.472 e. The van der Waals surface area contributed by atoms with Gasteiger partial charge in [-0.05, 0) is 12.8 Å². The van der Waals surface area contributed by atoms with Crippen LogP contribution >= 0.6 is 7.82 Å². The molecule has 0 rings (SSSR count). The Morgan fingerprint density at radius 1 is 0.583 bits per heavy atom. The van der Waals surface area contributed by atoms with Gasteiger partial charge in [0.15, 0.2) is 6.04 Å². The molecule has 0 aliphatic heterocycles. The third-order valence-corrected chi connectivity index (χ3v) is 9.35. The largest absolute Gasteiger partial charge is 0.480 e. The number of rotatable bonds is 36. The van der Waals surface area contributed by atoms with E-state index < -0.39 is 57.6 Å². The highest BCUT2D eigenvalue weighted by Crippen LogP contribution is 2.43. The van der Waals surface area contributed by atoms with E-state index in [0.717, 1.165) is 51.4 Å². The van der Waals surface area contributed by atoms with Crippen molar-refractivity contribution in [3.05, 3.63) is 0 Å². The summed E-state index contributed by atoms with van der Waals surface area (Å²) in [6.45, 7) is 2.52. The average molecular weight is 708 g/mol. The fourth-order valence-electron chi connectivity index (χ4n) is 5.37. The molecule has 0 aromatic carbocycles. The summed E-state index contributed by atoms with van der Waals surface area (Å²) < 4.78 is 26.6. The number of phosphoric ester groups is 1. The van der Waals surface area contributed by atoms with Crippen LogP contribution in [0.2, 0.25) is 0 Å². The van der Waals surface area contributed by atoms with E-state index in [0.29, 0.717) is 12.8 Å². The number of hydrogen-bond donors (Lipinski definition) is 4. The maximum absolute atomic E-state index is 12.2. The number of aliphatic carboxylic acids is 1. The number of aliphatic hydroxyl groups excluding tert-OH is 1. The second kappa shape index (κ2) is 32.7. The topological polar surface area (TPSA) is 169 Å². The van der Waals surface area contributed by atoms with Gasteiger partial charge in [0.2, 0.25) is 5.91 Å². The van der Waals surface area contributed by atoms with E-state index in [9.17, 15) is 34.1 Å². The van der Waals surface area contributed by atoms with Crippen molar-refractivity contribution in [2.75, 3.05) is 19.8 Å². The van der Waals surface area contributed by atoms with Gasteiger partial charge in [0.1, 0.15) is 12.7 Å². The van der Waals surface area contributed by atoms with Crippen LogP contribution in [-0.2, 0) is 32.7 Å². The summed E-state index contributed by atoms with van der Waals surface area (Å²) >= 11 is 0. The van der Waals surface area contributed by atoms with E-state index in [1.807, 2.05) is 0 Å². The molecule has 12 heteroatoms. The smallest absolute Gasteiger partial charge is 0.472 e. The summed E-state index contributed by atoms with van der Waals surface area (Å²) in [6, 6.07) is -1.54. The molecule has 0 spiro atoms. The number of hydrogen-bond acceptors (Lipinski definition) is 8. The Bertz CT molecular complexity index is 844. The number of esters is 1. The zero-order valence-corrected chi connectivity index (χ0v) is 31.2. The Labute approximate surface area is 291 Å². The molecule has 0 fully saturated rings. The van der Waals surface area contributed by atoms with E-state index >= 15 is 0 Å². The Balaban J connectivity index is 3.85. The van der Waals surface area contributed by atoms with Crippen LogP contribution in [-0.4, -0.2) is 64.9 Å². The molecule has 0 aliphatic rings. The summed E-state index contributed by atoms with van der Waals surface area (Å²) in [5.74, 6) is -2.37. The van der Waals surface area contributed by atoms with Crippen molar-refractivity contribution < 1.29 is 47.8 Å². The summed E-state index contributed by atoms with van der Waals surface area (Å²) in [5.41, 5.74) is 0. The average Bonchev–Trinajstić information content (AvgIpc) is 3.05. The summed E-state index contributed by atoms with van der Waals surface area (Å²) in [7, 11) is -4.73. The predicted octanol–water partition coefficient (Wildman–Crippen LogP) is 8.78. The Morgan fingerprint density at radius 3 is 1.38 bits per heavy atom. The van der Waals surface area contributed by atoms with Crippen LogP contribution < -0.4 is 5.32 Å². The molecule has 0 heterocycles. The Hall–Kier alpha value is -1.52. The lowest BCUT2D eigenvalue weighted by Gasteiger charge is -2.18. The summed E-state index contributed by atoms with van der Waals surface area (Å²) in [4.78, 5) is 45.4. The molecule has 0 bridgehead atoms. The minimum Gasteiger partial charge on any atom is -0.480 e. The number of aliphatic hydroxyl groups is 1. The van der Waals surface area contributed by atoms with Crippen LogP contribution in [0.1, 0.15) is 181 Å². The second-order valence-electron chi connectivity index (χ2n) is 13.1. The fourth-order valence-corrected chi connectivity index (χ4v) is 6.15. The first-order valence-electron chi connectivity index (χ1n) is 19.1. The fraction of sp³-hybridized carbons (Fsp3) is 0.917. The highest BCUT2D eigenvalue weighted by atomic mass is 31.2. The van der Waals surface area contributed by atoms with E-state index in [1.165, 1.54) is 89.9 Å².